The van der Waals surface area contributed by atoms with Gasteiger partial charge in [-0.1, -0.05) is 0 Å². The predicted octanol–water partition coefficient (Wildman–Crippen LogP) is 0.171. The number of amides is 2. The first-order valence-electron chi connectivity index (χ1n) is 6.29. The van der Waals surface area contributed by atoms with Gasteiger partial charge in [-0.05, 0) is 6.92 Å². The molecule has 0 bridgehead atoms. The lowest BCUT2D eigenvalue weighted by Gasteiger charge is -2.37. The van der Waals surface area contributed by atoms with Gasteiger partial charge in [-0.2, -0.15) is 4.98 Å². The number of piperazine rings is 1. The number of carbonyl (C=O) groups excluding carboxylic acids is 1. The molecule has 0 unspecified atom stereocenters. The molecule has 1 saturated heterocycles. The van der Waals surface area contributed by atoms with Crippen molar-refractivity contribution in [1.82, 2.24) is 19.8 Å². The van der Waals surface area contributed by atoms with E-state index < -0.39 is 0 Å². The van der Waals surface area contributed by atoms with Crippen LogP contribution in [-0.4, -0.2) is 66.1 Å². The van der Waals surface area contributed by atoms with Crippen LogP contribution in [0.1, 0.15) is 5.56 Å². The Morgan fingerprint density at radius 3 is 2.53 bits per heavy atom. The van der Waals surface area contributed by atoms with E-state index in [2.05, 4.69) is 14.9 Å². The molecule has 0 spiro atoms. The Hall–Kier alpha value is -2.05. The van der Waals surface area contributed by atoms with Crippen molar-refractivity contribution in [3.8, 4) is 0 Å². The average molecular weight is 264 g/mol. The summed E-state index contributed by atoms with van der Waals surface area (Å²) in [4.78, 5) is 25.7. The number of hydrogen-bond acceptors (Lipinski definition) is 5. The van der Waals surface area contributed by atoms with Crippen molar-refractivity contribution in [1.29, 1.82) is 0 Å². The molecule has 1 fully saturated rings. The van der Waals surface area contributed by atoms with Gasteiger partial charge in [-0.3, -0.25) is 0 Å². The third-order valence-corrected chi connectivity index (χ3v) is 3.20. The Labute approximate surface area is 113 Å². The summed E-state index contributed by atoms with van der Waals surface area (Å²) >= 11 is 0. The van der Waals surface area contributed by atoms with Crippen LogP contribution in [0.5, 0.6) is 0 Å². The second-order valence-corrected chi connectivity index (χ2v) is 4.89. The number of rotatable bonds is 1. The molecule has 0 aromatic carbocycles. The molecule has 7 nitrogen and oxygen atoms in total. The number of hydrogen-bond donors (Lipinski definition) is 1. The highest BCUT2D eigenvalue weighted by Crippen LogP contribution is 2.18. The SMILES string of the molecule is Cc1cnc(N)nc1N1CCN(C(=O)N(C)C)CC1. The van der Waals surface area contributed by atoms with Crippen molar-refractivity contribution in [2.75, 3.05) is 50.9 Å². The molecular weight excluding hydrogens is 244 g/mol. The standard InChI is InChI=1S/C12H20N6O/c1-9-8-14-11(13)15-10(9)17-4-6-18(7-5-17)12(19)16(2)3/h8H,4-7H2,1-3H3,(H2,13,14,15). The summed E-state index contributed by atoms with van der Waals surface area (Å²) in [5.41, 5.74) is 6.63. The Morgan fingerprint density at radius 1 is 1.32 bits per heavy atom. The Bertz CT molecular complexity index is 467. The highest BCUT2D eigenvalue weighted by Gasteiger charge is 2.23. The van der Waals surface area contributed by atoms with Gasteiger partial charge < -0.3 is 20.4 Å². The molecule has 1 aromatic heterocycles. The van der Waals surface area contributed by atoms with Gasteiger partial charge in [0.25, 0.3) is 0 Å². The maximum atomic E-state index is 11.8. The van der Waals surface area contributed by atoms with E-state index >= 15 is 0 Å². The number of nitrogen functional groups attached to an aromatic ring is 1. The van der Waals surface area contributed by atoms with Gasteiger partial charge >= 0.3 is 6.03 Å². The Morgan fingerprint density at radius 2 is 1.95 bits per heavy atom. The first-order valence-corrected chi connectivity index (χ1v) is 6.29. The summed E-state index contributed by atoms with van der Waals surface area (Å²) in [5.74, 6) is 1.15. The molecule has 0 aliphatic carbocycles. The van der Waals surface area contributed by atoms with Gasteiger partial charge in [0.15, 0.2) is 0 Å². The number of aryl methyl sites for hydroxylation is 1. The van der Waals surface area contributed by atoms with E-state index in [9.17, 15) is 4.79 Å². The summed E-state index contributed by atoms with van der Waals surface area (Å²) in [6.07, 6.45) is 1.73. The van der Waals surface area contributed by atoms with Crippen LogP contribution in [0.15, 0.2) is 6.20 Å². The number of nitrogens with zero attached hydrogens (tertiary/aromatic N) is 5. The smallest absolute Gasteiger partial charge is 0.319 e. The van der Waals surface area contributed by atoms with Gasteiger partial charge in [0.1, 0.15) is 5.82 Å². The van der Waals surface area contributed by atoms with E-state index in [1.54, 1.807) is 25.2 Å². The highest BCUT2D eigenvalue weighted by molar-refractivity contribution is 5.74. The van der Waals surface area contributed by atoms with E-state index in [1.165, 1.54) is 0 Å². The molecule has 104 valence electrons. The van der Waals surface area contributed by atoms with E-state index in [1.807, 2.05) is 11.8 Å². The molecule has 0 atom stereocenters. The zero-order valence-corrected chi connectivity index (χ0v) is 11.6. The molecule has 19 heavy (non-hydrogen) atoms. The van der Waals surface area contributed by atoms with Crippen LogP contribution >= 0.6 is 0 Å². The summed E-state index contributed by atoms with van der Waals surface area (Å²) in [5, 5.41) is 0. The second-order valence-electron chi connectivity index (χ2n) is 4.89. The molecular formula is C12H20N6O. The minimum atomic E-state index is 0.0542. The largest absolute Gasteiger partial charge is 0.368 e. The van der Waals surface area contributed by atoms with Gasteiger partial charge in [0.2, 0.25) is 5.95 Å². The van der Waals surface area contributed by atoms with E-state index in [-0.39, 0.29) is 12.0 Å². The number of urea groups is 1. The molecule has 2 heterocycles. The number of anilines is 2. The lowest BCUT2D eigenvalue weighted by atomic mass is 10.2. The molecule has 1 aromatic rings. The summed E-state index contributed by atoms with van der Waals surface area (Å²) in [6.45, 7) is 4.88. The Kier molecular flexibility index (Phi) is 3.73. The van der Waals surface area contributed by atoms with Crippen LogP contribution < -0.4 is 10.6 Å². The molecule has 0 radical (unpaired) electrons. The molecule has 0 saturated carbocycles. The van der Waals surface area contributed by atoms with Crippen LogP contribution in [0.2, 0.25) is 0 Å². The third kappa shape index (κ3) is 2.86. The molecule has 1 aliphatic heterocycles. The van der Waals surface area contributed by atoms with Crippen LogP contribution in [0.3, 0.4) is 0 Å². The third-order valence-electron chi connectivity index (χ3n) is 3.20. The lowest BCUT2D eigenvalue weighted by molar-refractivity contribution is 0.168. The molecule has 1 aliphatic rings. The van der Waals surface area contributed by atoms with Crippen molar-refractivity contribution in [2.24, 2.45) is 0 Å². The van der Waals surface area contributed by atoms with Crippen molar-refractivity contribution in [2.45, 2.75) is 6.92 Å². The van der Waals surface area contributed by atoms with E-state index in [0.29, 0.717) is 13.1 Å². The predicted molar refractivity (Wildman–Crippen MR) is 74.1 cm³/mol. The van der Waals surface area contributed by atoms with Crippen molar-refractivity contribution < 1.29 is 4.79 Å². The summed E-state index contributed by atoms with van der Waals surface area (Å²) in [7, 11) is 3.54. The summed E-state index contributed by atoms with van der Waals surface area (Å²) in [6, 6.07) is 0.0542. The van der Waals surface area contributed by atoms with Crippen LogP contribution in [0, 0.1) is 6.92 Å². The highest BCUT2D eigenvalue weighted by atomic mass is 16.2. The van der Waals surface area contributed by atoms with Crippen molar-refractivity contribution >= 4 is 17.8 Å². The topological polar surface area (TPSA) is 78.6 Å². The maximum absolute atomic E-state index is 11.8. The number of aromatic nitrogens is 2. The van der Waals surface area contributed by atoms with Crippen LogP contribution in [-0.2, 0) is 0 Å². The first kappa shape index (κ1) is 13.4. The molecule has 2 N–H and O–H groups in total. The fourth-order valence-corrected chi connectivity index (χ4v) is 2.16. The average Bonchev–Trinajstić information content (AvgIpc) is 2.41. The van der Waals surface area contributed by atoms with Crippen molar-refractivity contribution in [3.05, 3.63) is 11.8 Å². The molecule has 2 amide bonds. The molecule has 7 heteroatoms. The minimum absolute atomic E-state index is 0.0542. The van der Waals surface area contributed by atoms with Gasteiger partial charge in [-0.25, -0.2) is 9.78 Å². The first-order chi connectivity index (χ1) is 8.99. The zero-order valence-electron chi connectivity index (χ0n) is 11.6. The zero-order chi connectivity index (χ0) is 14.0. The summed E-state index contributed by atoms with van der Waals surface area (Å²) < 4.78 is 0. The number of carbonyl (C=O) groups is 1. The van der Waals surface area contributed by atoms with Crippen LogP contribution in [0.4, 0.5) is 16.6 Å². The fraction of sp³-hybridized carbons (Fsp3) is 0.583. The minimum Gasteiger partial charge on any atom is -0.368 e. The fourth-order valence-electron chi connectivity index (χ4n) is 2.16. The van der Waals surface area contributed by atoms with Crippen molar-refractivity contribution in [3.63, 3.8) is 0 Å². The second kappa shape index (κ2) is 5.29. The van der Waals surface area contributed by atoms with Gasteiger partial charge in [0.05, 0.1) is 0 Å². The van der Waals surface area contributed by atoms with E-state index in [4.69, 9.17) is 5.73 Å². The maximum Gasteiger partial charge on any atom is 0.319 e. The monoisotopic (exact) mass is 264 g/mol. The van der Waals surface area contributed by atoms with Gasteiger partial charge in [-0.15, -0.1) is 0 Å². The normalized spacial score (nSPS) is 15.5. The molecule has 2 rings (SSSR count). The Balaban J connectivity index is 2.04. The quantitative estimate of drug-likeness (QED) is 0.782. The van der Waals surface area contributed by atoms with Gasteiger partial charge in [0, 0.05) is 52.0 Å². The van der Waals surface area contributed by atoms with E-state index in [0.717, 1.165) is 24.5 Å². The lowest BCUT2D eigenvalue weighted by Crippen LogP contribution is -2.51. The number of nitrogens with two attached hydrogens (primary N) is 1. The van der Waals surface area contributed by atoms with Crippen LogP contribution in [0.25, 0.3) is 0 Å².